The minimum atomic E-state index is -3.64. The van der Waals surface area contributed by atoms with Gasteiger partial charge < -0.3 is 15.0 Å². The third-order valence-electron chi connectivity index (χ3n) is 4.35. The summed E-state index contributed by atoms with van der Waals surface area (Å²) in [4.78, 5) is 10.6. The number of sulfonamides is 1. The highest BCUT2D eigenvalue weighted by molar-refractivity contribution is 7.89. The monoisotopic (exact) mass is 445 g/mol. The fourth-order valence-electron chi connectivity index (χ4n) is 2.76. The van der Waals surface area contributed by atoms with E-state index in [9.17, 15) is 12.8 Å². The topological polar surface area (TPSA) is 96.4 Å². The summed E-state index contributed by atoms with van der Waals surface area (Å²) in [5, 5.41) is 3.00. The molecule has 8 nitrogen and oxygen atoms in total. The van der Waals surface area contributed by atoms with Crippen LogP contribution in [0.3, 0.4) is 0 Å². The SMILES string of the molecule is COc1ccc(-c2ccnc(Nc3cccc(S(=O)(=O)NCCN(C)C)c3)n2)cc1F. The van der Waals surface area contributed by atoms with Crippen LogP contribution in [0.15, 0.2) is 59.6 Å². The van der Waals surface area contributed by atoms with Crippen molar-refractivity contribution in [3.05, 3.63) is 60.5 Å². The molecule has 3 aromatic rings. The van der Waals surface area contributed by atoms with Crippen molar-refractivity contribution in [2.75, 3.05) is 39.6 Å². The summed E-state index contributed by atoms with van der Waals surface area (Å²) in [6, 6.07) is 12.6. The van der Waals surface area contributed by atoms with Crippen molar-refractivity contribution in [3.8, 4) is 17.0 Å². The lowest BCUT2D eigenvalue weighted by Gasteiger charge is -2.12. The molecule has 0 bridgehead atoms. The highest BCUT2D eigenvalue weighted by atomic mass is 32.2. The zero-order valence-corrected chi connectivity index (χ0v) is 18.3. The number of nitrogens with zero attached hydrogens (tertiary/aromatic N) is 3. The van der Waals surface area contributed by atoms with E-state index in [1.165, 1.54) is 37.6 Å². The van der Waals surface area contributed by atoms with Crippen LogP contribution >= 0.6 is 0 Å². The maximum atomic E-state index is 14.0. The Morgan fingerprint density at radius 3 is 2.65 bits per heavy atom. The van der Waals surface area contributed by atoms with E-state index in [0.29, 0.717) is 30.0 Å². The molecule has 0 aliphatic carbocycles. The smallest absolute Gasteiger partial charge is 0.240 e. The van der Waals surface area contributed by atoms with Crippen LogP contribution in [0.1, 0.15) is 0 Å². The number of anilines is 2. The van der Waals surface area contributed by atoms with Gasteiger partial charge in [-0.1, -0.05) is 6.07 Å². The molecule has 164 valence electrons. The molecule has 10 heteroatoms. The third-order valence-corrected chi connectivity index (χ3v) is 5.81. The molecule has 0 aliphatic rings. The lowest BCUT2D eigenvalue weighted by molar-refractivity contribution is 0.386. The Labute approximate surface area is 181 Å². The van der Waals surface area contributed by atoms with Gasteiger partial charge in [0.05, 0.1) is 17.7 Å². The van der Waals surface area contributed by atoms with Crippen molar-refractivity contribution < 1.29 is 17.5 Å². The van der Waals surface area contributed by atoms with Crippen LogP contribution in [-0.2, 0) is 10.0 Å². The molecule has 3 rings (SSSR count). The van der Waals surface area contributed by atoms with Crippen LogP contribution in [0.2, 0.25) is 0 Å². The standard InChI is InChI=1S/C21H24FN5O3S/c1-27(2)12-11-24-31(28,29)17-6-4-5-16(14-17)25-21-23-10-9-19(26-21)15-7-8-20(30-3)18(22)13-15/h4-10,13-14,24H,11-12H2,1-3H3,(H,23,25,26). The predicted octanol–water partition coefficient (Wildman–Crippen LogP) is 2.87. The average molecular weight is 446 g/mol. The molecular formula is C21H24FN5O3S. The zero-order valence-electron chi connectivity index (χ0n) is 17.5. The Kier molecular flexibility index (Phi) is 7.16. The molecule has 0 spiro atoms. The van der Waals surface area contributed by atoms with Crippen LogP contribution < -0.4 is 14.8 Å². The lowest BCUT2D eigenvalue weighted by atomic mass is 10.1. The summed E-state index contributed by atoms with van der Waals surface area (Å²) >= 11 is 0. The van der Waals surface area contributed by atoms with E-state index in [4.69, 9.17) is 4.74 Å². The summed E-state index contributed by atoms with van der Waals surface area (Å²) in [5.74, 6) is -0.0926. The van der Waals surface area contributed by atoms with Gasteiger partial charge in [-0.3, -0.25) is 0 Å². The first-order valence-electron chi connectivity index (χ1n) is 9.47. The molecule has 31 heavy (non-hydrogen) atoms. The van der Waals surface area contributed by atoms with Gasteiger partial charge in [0, 0.05) is 30.5 Å². The summed E-state index contributed by atoms with van der Waals surface area (Å²) in [6.45, 7) is 0.889. The van der Waals surface area contributed by atoms with Gasteiger partial charge in [0.2, 0.25) is 16.0 Å². The van der Waals surface area contributed by atoms with Crippen LogP contribution in [-0.4, -0.2) is 57.6 Å². The normalized spacial score (nSPS) is 11.5. The third kappa shape index (κ3) is 5.97. The molecule has 0 aliphatic heterocycles. The van der Waals surface area contributed by atoms with Crippen molar-refractivity contribution in [1.29, 1.82) is 0 Å². The first-order valence-corrected chi connectivity index (χ1v) is 11.0. The minimum absolute atomic E-state index is 0.129. The lowest BCUT2D eigenvalue weighted by Crippen LogP contribution is -2.31. The van der Waals surface area contributed by atoms with Crippen molar-refractivity contribution in [3.63, 3.8) is 0 Å². The first-order chi connectivity index (χ1) is 14.8. The largest absolute Gasteiger partial charge is 0.494 e. The maximum absolute atomic E-state index is 14.0. The summed E-state index contributed by atoms with van der Waals surface area (Å²) in [5.41, 5.74) is 1.58. The molecule has 0 unspecified atom stereocenters. The number of benzene rings is 2. The Balaban J connectivity index is 1.78. The number of likely N-dealkylation sites (N-methyl/N-ethyl adjacent to an activating group) is 1. The number of ether oxygens (including phenoxy) is 1. The Bertz CT molecular complexity index is 1160. The Morgan fingerprint density at radius 2 is 1.94 bits per heavy atom. The van der Waals surface area contributed by atoms with Crippen molar-refractivity contribution in [2.45, 2.75) is 4.90 Å². The van der Waals surface area contributed by atoms with Gasteiger partial charge in [-0.2, -0.15) is 0 Å². The molecule has 0 atom stereocenters. The highest BCUT2D eigenvalue weighted by Crippen LogP contribution is 2.25. The van der Waals surface area contributed by atoms with Crippen LogP contribution in [0, 0.1) is 5.82 Å². The fraction of sp³-hybridized carbons (Fsp3) is 0.238. The average Bonchev–Trinajstić information content (AvgIpc) is 2.73. The molecule has 0 saturated heterocycles. The highest BCUT2D eigenvalue weighted by Gasteiger charge is 2.14. The molecule has 0 fully saturated rings. The van der Waals surface area contributed by atoms with Crippen molar-refractivity contribution >= 4 is 21.7 Å². The second-order valence-corrected chi connectivity index (χ2v) is 8.74. The van der Waals surface area contributed by atoms with Gasteiger partial charge in [0.15, 0.2) is 11.6 Å². The van der Waals surface area contributed by atoms with E-state index in [-0.39, 0.29) is 16.6 Å². The number of methoxy groups -OCH3 is 1. The molecule has 1 heterocycles. The number of hydrogen-bond donors (Lipinski definition) is 2. The van der Waals surface area contributed by atoms with E-state index >= 15 is 0 Å². The second-order valence-electron chi connectivity index (χ2n) is 6.97. The first kappa shape index (κ1) is 22.6. The fourth-order valence-corrected chi connectivity index (χ4v) is 3.83. The summed E-state index contributed by atoms with van der Waals surface area (Å²) < 4.78 is 46.5. The van der Waals surface area contributed by atoms with Crippen molar-refractivity contribution in [2.24, 2.45) is 0 Å². The van der Waals surface area contributed by atoms with Crippen LogP contribution in [0.4, 0.5) is 16.0 Å². The second kappa shape index (κ2) is 9.82. The quantitative estimate of drug-likeness (QED) is 0.523. The molecule has 0 radical (unpaired) electrons. The number of aromatic nitrogens is 2. The molecule has 1 aromatic heterocycles. The number of hydrogen-bond acceptors (Lipinski definition) is 7. The molecule has 0 saturated carbocycles. The van der Waals surface area contributed by atoms with Gasteiger partial charge in [-0.05, 0) is 56.6 Å². The predicted molar refractivity (Wildman–Crippen MR) is 117 cm³/mol. The zero-order chi connectivity index (χ0) is 22.4. The van der Waals surface area contributed by atoms with E-state index < -0.39 is 15.8 Å². The van der Waals surface area contributed by atoms with Gasteiger partial charge in [0.25, 0.3) is 0 Å². The molecule has 2 N–H and O–H groups in total. The van der Waals surface area contributed by atoms with Crippen LogP contribution in [0.5, 0.6) is 5.75 Å². The molecule has 0 amide bonds. The van der Waals surface area contributed by atoms with E-state index in [2.05, 4.69) is 20.0 Å². The molecule has 2 aromatic carbocycles. The summed E-state index contributed by atoms with van der Waals surface area (Å²) in [6.07, 6.45) is 1.54. The molecular weight excluding hydrogens is 421 g/mol. The van der Waals surface area contributed by atoms with Crippen LogP contribution in [0.25, 0.3) is 11.3 Å². The van der Waals surface area contributed by atoms with Crippen molar-refractivity contribution in [1.82, 2.24) is 19.6 Å². The number of rotatable bonds is 9. The van der Waals surface area contributed by atoms with Gasteiger partial charge in [0.1, 0.15) is 0 Å². The number of nitrogens with one attached hydrogen (secondary N) is 2. The van der Waals surface area contributed by atoms with E-state index in [1.54, 1.807) is 24.3 Å². The Morgan fingerprint density at radius 1 is 1.13 bits per heavy atom. The van der Waals surface area contributed by atoms with Gasteiger partial charge in [-0.25, -0.2) is 27.5 Å². The van der Waals surface area contributed by atoms with E-state index in [0.717, 1.165) is 0 Å². The van der Waals surface area contributed by atoms with Gasteiger partial charge in [-0.15, -0.1) is 0 Å². The van der Waals surface area contributed by atoms with Gasteiger partial charge >= 0.3 is 0 Å². The minimum Gasteiger partial charge on any atom is -0.494 e. The Hall–Kier alpha value is -3.08. The maximum Gasteiger partial charge on any atom is 0.240 e. The van der Waals surface area contributed by atoms with E-state index in [1.807, 2.05) is 19.0 Å². The summed E-state index contributed by atoms with van der Waals surface area (Å²) in [7, 11) is 1.49. The number of halogens is 1.